The molecule has 9 heteroatoms. The fourth-order valence-corrected chi connectivity index (χ4v) is 4.72. The molecule has 162 valence electrons. The van der Waals surface area contributed by atoms with Crippen LogP contribution >= 0.6 is 35.0 Å². The topological polar surface area (TPSA) is 67.2 Å². The number of amides is 1. The van der Waals surface area contributed by atoms with E-state index < -0.39 is 0 Å². The average molecular weight is 469 g/mol. The zero-order chi connectivity index (χ0) is 21.7. The second-order valence-corrected chi connectivity index (χ2v) is 9.38. The number of anilines is 1. The number of thioether (sulfide) groups is 1. The highest BCUT2D eigenvalue weighted by Gasteiger charge is 2.21. The first-order valence-electron chi connectivity index (χ1n) is 10.00. The predicted octanol–water partition coefficient (Wildman–Crippen LogP) is 4.11. The van der Waals surface area contributed by atoms with Gasteiger partial charge in [-0.1, -0.05) is 35.0 Å². The molecule has 0 atom stereocenters. The molecule has 0 spiro atoms. The van der Waals surface area contributed by atoms with Crippen molar-refractivity contribution in [1.82, 2.24) is 14.5 Å². The minimum atomic E-state index is -0.221. The molecule has 1 aliphatic carbocycles. The molecule has 0 radical (unpaired) electrons. The van der Waals surface area contributed by atoms with Crippen molar-refractivity contribution in [3.05, 3.63) is 50.0 Å². The number of carbonyl (C=O) groups excluding carboxylic acids is 1. The molecular weight excluding hydrogens is 443 g/mol. The maximum absolute atomic E-state index is 12.7. The van der Waals surface area contributed by atoms with Crippen molar-refractivity contribution in [2.75, 3.05) is 31.7 Å². The lowest BCUT2D eigenvalue weighted by Gasteiger charge is -2.23. The first kappa shape index (κ1) is 23.1. The Morgan fingerprint density at radius 1 is 1.23 bits per heavy atom. The Bertz CT molecular complexity index is 978. The van der Waals surface area contributed by atoms with Crippen molar-refractivity contribution < 1.29 is 4.79 Å². The van der Waals surface area contributed by atoms with Gasteiger partial charge in [0.05, 0.1) is 15.8 Å². The van der Waals surface area contributed by atoms with Crippen LogP contribution in [-0.2, 0) is 24.2 Å². The summed E-state index contributed by atoms with van der Waals surface area (Å²) in [5.74, 6) is -0.0102. The molecule has 3 rings (SSSR count). The summed E-state index contributed by atoms with van der Waals surface area (Å²) in [6.07, 6.45) is 4.84. The number of halogens is 2. The molecule has 1 heterocycles. The molecule has 2 aromatic rings. The van der Waals surface area contributed by atoms with Crippen LogP contribution in [0.25, 0.3) is 0 Å². The molecular formula is C21H26Cl2N4O2S. The van der Waals surface area contributed by atoms with Gasteiger partial charge in [0, 0.05) is 23.5 Å². The van der Waals surface area contributed by atoms with E-state index in [0.717, 1.165) is 49.9 Å². The van der Waals surface area contributed by atoms with Crippen LogP contribution in [0.1, 0.15) is 30.5 Å². The molecule has 30 heavy (non-hydrogen) atoms. The largest absolute Gasteiger partial charge is 0.348 e. The fourth-order valence-electron chi connectivity index (χ4n) is 3.55. The van der Waals surface area contributed by atoms with E-state index in [4.69, 9.17) is 23.2 Å². The lowest BCUT2D eigenvalue weighted by atomic mass is 9.97. The van der Waals surface area contributed by atoms with Gasteiger partial charge in [-0.05, 0) is 70.9 Å². The third-order valence-electron chi connectivity index (χ3n) is 4.98. The normalized spacial score (nSPS) is 13.4. The second kappa shape index (κ2) is 10.7. The number of nitrogens with zero attached hydrogens (tertiary/aromatic N) is 3. The monoisotopic (exact) mass is 468 g/mol. The standard InChI is InChI=1S/C21H26Cl2N4O2S/c1-26(2)10-5-11-27-18-7-4-3-6-15(18)20(25-21(27)29)30-13-19(28)24-14-8-9-16(22)17(23)12-14/h8-9,12H,3-7,10-11,13H2,1-2H3,(H,24,28). The van der Waals surface area contributed by atoms with Crippen molar-refractivity contribution in [1.29, 1.82) is 0 Å². The number of fused-ring (bicyclic) bond motifs is 1. The minimum Gasteiger partial charge on any atom is -0.325 e. The minimum absolute atomic E-state index is 0.170. The van der Waals surface area contributed by atoms with Crippen molar-refractivity contribution in [3.8, 4) is 0 Å². The van der Waals surface area contributed by atoms with Crippen LogP contribution in [0.15, 0.2) is 28.0 Å². The van der Waals surface area contributed by atoms with E-state index in [2.05, 4.69) is 15.2 Å². The summed E-state index contributed by atoms with van der Waals surface area (Å²) < 4.78 is 1.83. The molecule has 0 fully saturated rings. The van der Waals surface area contributed by atoms with E-state index in [1.54, 1.807) is 18.2 Å². The Morgan fingerprint density at radius 3 is 2.73 bits per heavy atom. The SMILES string of the molecule is CN(C)CCCn1c2c(c(SCC(=O)Nc3ccc(Cl)c(Cl)c3)nc1=O)CCCC2. The fraction of sp³-hybridized carbons (Fsp3) is 0.476. The summed E-state index contributed by atoms with van der Waals surface area (Å²) in [6, 6.07) is 4.95. The highest BCUT2D eigenvalue weighted by Crippen LogP contribution is 2.29. The van der Waals surface area contributed by atoms with Gasteiger partial charge in [-0.15, -0.1) is 0 Å². The number of nitrogens with one attached hydrogen (secondary N) is 1. The van der Waals surface area contributed by atoms with E-state index in [0.29, 0.717) is 27.3 Å². The number of hydrogen-bond acceptors (Lipinski definition) is 5. The van der Waals surface area contributed by atoms with Gasteiger partial charge in [0.1, 0.15) is 5.03 Å². The quantitative estimate of drug-likeness (QED) is 0.466. The van der Waals surface area contributed by atoms with Crippen LogP contribution in [0.3, 0.4) is 0 Å². The van der Waals surface area contributed by atoms with Crippen molar-refractivity contribution in [3.63, 3.8) is 0 Å². The smallest absolute Gasteiger partial charge is 0.325 e. The summed E-state index contributed by atoms with van der Waals surface area (Å²) in [7, 11) is 4.05. The Labute approximate surface area is 191 Å². The van der Waals surface area contributed by atoms with Gasteiger partial charge >= 0.3 is 5.69 Å². The van der Waals surface area contributed by atoms with Crippen LogP contribution in [0.2, 0.25) is 10.0 Å². The van der Waals surface area contributed by atoms with Gasteiger partial charge in [0.15, 0.2) is 0 Å². The molecule has 1 aliphatic rings. The summed E-state index contributed by atoms with van der Waals surface area (Å²) in [5.41, 5.74) is 2.58. The van der Waals surface area contributed by atoms with E-state index in [1.165, 1.54) is 11.8 Å². The van der Waals surface area contributed by atoms with Gasteiger partial charge in [0.2, 0.25) is 5.91 Å². The molecule has 0 bridgehead atoms. The first-order chi connectivity index (χ1) is 14.3. The molecule has 0 aliphatic heterocycles. The molecule has 0 saturated carbocycles. The Morgan fingerprint density at radius 2 is 2.00 bits per heavy atom. The van der Waals surface area contributed by atoms with E-state index in [9.17, 15) is 9.59 Å². The second-order valence-electron chi connectivity index (χ2n) is 7.61. The summed E-state index contributed by atoms with van der Waals surface area (Å²) >= 11 is 13.2. The number of rotatable bonds is 8. The third kappa shape index (κ3) is 6.00. The van der Waals surface area contributed by atoms with Crippen LogP contribution in [0.4, 0.5) is 5.69 Å². The van der Waals surface area contributed by atoms with Crippen molar-refractivity contribution >= 4 is 46.6 Å². The molecule has 6 nitrogen and oxygen atoms in total. The molecule has 0 saturated heterocycles. The van der Waals surface area contributed by atoms with Gasteiger partial charge in [-0.25, -0.2) is 4.79 Å². The van der Waals surface area contributed by atoms with Gasteiger partial charge in [-0.3, -0.25) is 9.36 Å². The number of benzene rings is 1. The average Bonchev–Trinajstić information content (AvgIpc) is 2.70. The molecule has 1 aromatic carbocycles. The van der Waals surface area contributed by atoms with Crippen molar-refractivity contribution in [2.45, 2.75) is 43.7 Å². The van der Waals surface area contributed by atoms with Crippen molar-refractivity contribution in [2.24, 2.45) is 0 Å². The molecule has 1 aromatic heterocycles. The summed E-state index contributed by atoms with van der Waals surface area (Å²) in [4.78, 5) is 31.5. The van der Waals surface area contributed by atoms with Crippen LogP contribution in [0, 0.1) is 0 Å². The van der Waals surface area contributed by atoms with Gasteiger partial charge in [-0.2, -0.15) is 4.98 Å². The predicted molar refractivity (Wildman–Crippen MR) is 124 cm³/mol. The van der Waals surface area contributed by atoms with E-state index >= 15 is 0 Å². The molecule has 1 amide bonds. The summed E-state index contributed by atoms with van der Waals surface area (Å²) in [6.45, 7) is 1.60. The lowest BCUT2D eigenvalue weighted by molar-refractivity contribution is -0.113. The highest BCUT2D eigenvalue weighted by atomic mass is 35.5. The van der Waals surface area contributed by atoms with Crippen LogP contribution in [-0.4, -0.2) is 46.8 Å². The number of carbonyl (C=O) groups is 1. The molecule has 0 unspecified atom stereocenters. The number of aromatic nitrogens is 2. The Kier molecular flexibility index (Phi) is 8.22. The zero-order valence-electron chi connectivity index (χ0n) is 17.2. The van der Waals surface area contributed by atoms with Gasteiger partial charge in [0.25, 0.3) is 0 Å². The first-order valence-corrected chi connectivity index (χ1v) is 11.7. The van der Waals surface area contributed by atoms with Crippen LogP contribution in [0.5, 0.6) is 0 Å². The highest BCUT2D eigenvalue weighted by molar-refractivity contribution is 8.00. The summed E-state index contributed by atoms with van der Waals surface area (Å²) in [5, 5.41) is 4.31. The Hall–Kier alpha value is -1.54. The van der Waals surface area contributed by atoms with Crippen LogP contribution < -0.4 is 11.0 Å². The van der Waals surface area contributed by atoms with E-state index in [1.807, 2.05) is 18.7 Å². The zero-order valence-corrected chi connectivity index (χ0v) is 19.5. The van der Waals surface area contributed by atoms with E-state index in [-0.39, 0.29) is 17.3 Å². The number of hydrogen-bond donors (Lipinski definition) is 1. The third-order valence-corrected chi connectivity index (χ3v) is 6.74. The Balaban J connectivity index is 1.71. The molecule has 1 N–H and O–H groups in total. The maximum Gasteiger partial charge on any atom is 0.348 e. The maximum atomic E-state index is 12.7. The lowest BCUT2D eigenvalue weighted by Crippen LogP contribution is -2.31. The van der Waals surface area contributed by atoms with Gasteiger partial charge < -0.3 is 10.2 Å².